The van der Waals surface area contributed by atoms with E-state index in [0.717, 1.165) is 6.42 Å². The second-order valence-corrected chi connectivity index (χ2v) is 3.83. The van der Waals surface area contributed by atoms with Crippen LogP contribution in [0.4, 0.5) is 0 Å². The molecule has 0 fully saturated rings. The van der Waals surface area contributed by atoms with Crippen LogP contribution in [-0.2, 0) is 21.7 Å². The molecule has 0 saturated carbocycles. The maximum Gasteiger partial charge on any atom is 0.0554 e. The zero-order chi connectivity index (χ0) is 10.4. The van der Waals surface area contributed by atoms with Gasteiger partial charge in [0.15, 0.2) is 0 Å². The molecule has 0 aliphatic heterocycles. The van der Waals surface area contributed by atoms with Crippen molar-refractivity contribution < 1.29 is 21.7 Å². The number of hydrogen-bond acceptors (Lipinski definition) is 1. The monoisotopic (exact) mass is 438 g/mol. The molecule has 0 aromatic heterocycles. The zero-order valence-corrected chi connectivity index (χ0v) is 19.3. The number of rotatable bonds is 0. The summed E-state index contributed by atoms with van der Waals surface area (Å²) in [4.78, 5) is 0.640. The van der Waals surface area contributed by atoms with Gasteiger partial charge in [-0.2, -0.15) is 6.08 Å². The van der Waals surface area contributed by atoms with Crippen molar-refractivity contribution in [3.63, 3.8) is 0 Å². The summed E-state index contributed by atoms with van der Waals surface area (Å²) in [6.45, 7) is 0. The van der Waals surface area contributed by atoms with Crippen molar-refractivity contribution in [1.82, 2.24) is 0 Å². The summed E-state index contributed by atoms with van der Waals surface area (Å²) in [7, 11) is 0. The van der Waals surface area contributed by atoms with Crippen LogP contribution in [0.15, 0.2) is 41.3 Å². The van der Waals surface area contributed by atoms with Gasteiger partial charge < -0.3 is 37.1 Å². The van der Waals surface area contributed by atoms with Gasteiger partial charge in [0, 0.05) is 26.6 Å². The van der Waals surface area contributed by atoms with Gasteiger partial charge >= 0.3 is 0 Å². The van der Waals surface area contributed by atoms with Crippen molar-refractivity contribution in [1.29, 1.82) is 0 Å². The van der Waals surface area contributed by atoms with E-state index in [2.05, 4.69) is 24.8 Å². The SMILES string of the molecule is Cl.Cl.Sc1c(Cl)cccc1Cl.[C-]1=CC=CC1.[CH3-].[CH3-].[CH3-].[CH3-].[CH3-].[Ti]. The summed E-state index contributed by atoms with van der Waals surface area (Å²) in [5.74, 6) is 0. The Balaban J connectivity index is -0.0000000230. The molecule has 1 aromatic carbocycles. The van der Waals surface area contributed by atoms with Gasteiger partial charge in [-0.05, 0) is 12.1 Å². The van der Waals surface area contributed by atoms with E-state index < -0.39 is 0 Å². The van der Waals surface area contributed by atoms with E-state index in [9.17, 15) is 0 Å². The summed E-state index contributed by atoms with van der Waals surface area (Å²) in [6.07, 6.45) is 10.0. The van der Waals surface area contributed by atoms with Crippen LogP contribution in [0.1, 0.15) is 6.42 Å². The van der Waals surface area contributed by atoms with Crippen molar-refractivity contribution in [3.8, 4) is 0 Å². The minimum absolute atomic E-state index is 0. The number of benzene rings is 1. The largest absolute Gasteiger partial charge is 0.358 e. The first-order chi connectivity index (χ1) is 6.72. The van der Waals surface area contributed by atoms with Crippen LogP contribution in [0, 0.1) is 43.2 Å². The average molecular weight is 440 g/mol. The van der Waals surface area contributed by atoms with Gasteiger partial charge in [0.1, 0.15) is 0 Å². The van der Waals surface area contributed by atoms with Crippen molar-refractivity contribution in [2.75, 3.05) is 0 Å². The molecular formula is C16H26Cl4STi-6. The van der Waals surface area contributed by atoms with Gasteiger partial charge in [-0.25, -0.2) is 12.2 Å². The van der Waals surface area contributed by atoms with Gasteiger partial charge in [0.2, 0.25) is 0 Å². The Morgan fingerprint density at radius 1 is 0.909 bits per heavy atom. The Morgan fingerprint density at radius 2 is 1.32 bits per heavy atom. The number of halogens is 4. The Kier molecular flexibility index (Phi) is 67.2. The molecule has 0 spiro atoms. The molecule has 1 aliphatic carbocycles. The quantitative estimate of drug-likeness (QED) is 0.239. The van der Waals surface area contributed by atoms with Gasteiger partial charge in [-0.15, -0.1) is 43.9 Å². The molecule has 0 saturated heterocycles. The van der Waals surface area contributed by atoms with E-state index in [1.165, 1.54) is 0 Å². The van der Waals surface area contributed by atoms with Crippen molar-refractivity contribution in [2.24, 2.45) is 0 Å². The molecule has 2 rings (SSSR count). The summed E-state index contributed by atoms with van der Waals surface area (Å²) < 4.78 is 0. The molecule has 0 atom stereocenters. The zero-order valence-electron chi connectivity index (χ0n) is 13.7. The third-order valence-electron chi connectivity index (χ3n) is 1.52. The van der Waals surface area contributed by atoms with E-state index in [1.54, 1.807) is 18.2 Å². The molecule has 0 bridgehead atoms. The van der Waals surface area contributed by atoms with Crippen LogP contribution in [0.5, 0.6) is 0 Å². The first-order valence-corrected chi connectivity index (χ1v) is 5.27. The minimum atomic E-state index is 0. The fourth-order valence-corrected chi connectivity index (χ4v) is 1.38. The number of thiol groups is 1. The van der Waals surface area contributed by atoms with Gasteiger partial charge in [0.25, 0.3) is 0 Å². The maximum atomic E-state index is 5.65. The molecule has 0 radical (unpaired) electrons. The predicted molar refractivity (Wildman–Crippen MR) is 112 cm³/mol. The average Bonchev–Trinajstić information content (AvgIpc) is 2.72. The fraction of sp³-hybridized carbons (Fsp3) is 0.0625. The second-order valence-electron chi connectivity index (χ2n) is 2.57. The molecule has 6 heteroatoms. The van der Waals surface area contributed by atoms with Crippen LogP contribution in [0.2, 0.25) is 10.0 Å². The van der Waals surface area contributed by atoms with Gasteiger partial charge in [-0.3, -0.25) is 6.08 Å². The summed E-state index contributed by atoms with van der Waals surface area (Å²) >= 11 is 15.4. The smallest absolute Gasteiger partial charge is 0.0554 e. The molecule has 0 amide bonds. The van der Waals surface area contributed by atoms with Crippen LogP contribution >= 0.6 is 60.6 Å². The van der Waals surface area contributed by atoms with Crippen LogP contribution in [0.25, 0.3) is 0 Å². The Hall–Kier alpha value is 0.924. The molecule has 22 heavy (non-hydrogen) atoms. The Labute approximate surface area is 182 Å². The minimum Gasteiger partial charge on any atom is -0.358 e. The van der Waals surface area contributed by atoms with Crippen molar-refractivity contribution in [2.45, 2.75) is 11.3 Å². The molecule has 1 aromatic rings. The third-order valence-corrected chi connectivity index (χ3v) is 2.90. The summed E-state index contributed by atoms with van der Waals surface area (Å²) in [5, 5.41) is 1.18. The molecule has 1 aliphatic rings. The van der Waals surface area contributed by atoms with Gasteiger partial charge in [0.05, 0.1) is 10.0 Å². The van der Waals surface area contributed by atoms with Gasteiger partial charge in [-0.1, -0.05) is 29.3 Å². The number of hydrogen-bond donors (Lipinski definition) is 1. The first kappa shape index (κ1) is 49.5. The molecular weight excluding hydrogens is 414 g/mol. The second kappa shape index (κ2) is 29.9. The van der Waals surface area contributed by atoms with Crippen LogP contribution in [-0.4, -0.2) is 0 Å². The van der Waals surface area contributed by atoms with Crippen LogP contribution in [0.3, 0.4) is 0 Å². The summed E-state index contributed by atoms with van der Waals surface area (Å²) in [5.41, 5.74) is 0. The molecule has 0 heterocycles. The normalized spacial score (nSPS) is 7.95. The topological polar surface area (TPSA) is 0 Å². The Morgan fingerprint density at radius 3 is 1.50 bits per heavy atom. The Bertz CT molecular complexity index is 339. The van der Waals surface area contributed by atoms with Crippen LogP contribution < -0.4 is 0 Å². The van der Waals surface area contributed by atoms with E-state index in [1.807, 2.05) is 12.2 Å². The third kappa shape index (κ3) is 20.9. The molecule has 134 valence electrons. The van der Waals surface area contributed by atoms with E-state index in [0.29, 0.717) is 14.9 Å². The standard InChI is InChI=1S/C6H4Cl2S.C5H5.5CH3.2ClH.Ti/c7-4-2-1-3-5(8)6(4)9;1-2-4-5-3-1;;;;;;;;/h1-3,9H;1-3H,4H2;5*1H3;2*1H;/q;6*-1;;;. The predicted octanol–water partition coefficient (Wildman–Crippen LogP) is 7.68. The van der Waals surface area contributed by atoms with Crippen molar-refractivity contribution >= 4 is 60.6 Å². The fourth-order valence-electron chi connectivity index (χ4n) is 0.829. The molecule has 0 N–H and O–H groups in total. The van der Waals surface area contributed by atoms with E-state index in [-0.39, 0.29) is 83.7 Å². The van der Waals surface area contributed by atoms with E-state index in [4.69, 9.17) is 23.2 Å². The van der Waals surface area contributed by atoms with E-state index >= 15 is 0 Å². The number of allylic oxidation sites excluding steroid dienone is 4. The molecule has 0 unspecified atom stereocenters. The summed E-state index contributed by atoms with van der Waals surface area (Å²) in [6, 6.07) is 5.27. The first-order valence-electron chi connectivity index (χ1n) is 4.06. The maximum absolute atomic E-state index is 5.65. The molecule has 0 nitrogen and oxygen atoms in total. The van der Waals surface area contributed by atoms with Crippen molar-refractivity contribution in [3.05, 3.63) is 89.7 Å².